The third-order valence-electron chi connectivity index (χ3n) is 6.71. The van der Waals surface area contributed by atoms with Crippen molar-refractivity contribution in [3.8, 4) is 11.5 Å². The van der Waals surface area contributed by atoms with Crippen LogP contribution in [-0.2, 0) is 26.2 Å². The molecule has 1 fully saturated rings. The van der Waals surface area contributed by atoms with E-state index in [0.29, 0.717) is 30.2 Å². The Labute approximate surface area is 226 Å². The van der Waals surface area contributed by atoms with Crippen LogP contribution in [0.25, 0.3) is 0 Å². The lowest BCUT2D eigenvalue weighted by Gasteiger charge is -2.33. The Kier molecular flexibility index (Phi) is 10.4. The molecule has 10 heteroatoms. The third kappa shape index (κ3) is 7.86. The Hall–Kier alpha value is -3.27. The molecule has 1 aliphatic carbocycles. The van der Waals surface area contributed by atoms with Crippen LogP contribution in [0, 0.1) is 0 Å². The monoisotopic (exact) mass is 545 g/mol. The van der Waals surface area contributed by atoms with Crippen LogP contribution in [-0.4, -0.2) is 63.7 Å². The van der Waals surface area contributed by atoms with E-state index in [1.165, 1.54) is 4.90 Å². The zero-order chi connectivity index (χ0) is 27.7. The Morgan fingerprint density at radius 2 is 1.61 bits per heavy atom. The number of anilines is 1. The van der Waals surface area contributed by atoms with Crippen molar-refractivity contribution in [1.82, 2.24) is 10.2 Å². The van der Waals surface area contributed by atoms with Crippen LogP contribution in [0.15, 0.2) is 48.5 Å². The van der Waals surface area contributed by atoms with Gasteiger partial charge in [-0.25, -0.2) is 8.42 Å². The van der Waals surface area contributed by atoms with E-state index in [2.05, 4.69) is 5.32 Å². The average Bonchev–Trinajstić information content (AvgIpc) is 3.40. The molecule has 0 bridgehead atoms. The average molecular weight is 546 g/mol. The van der Waals surface area contributed by atoms with E-state index in [0.717, 1.165) is 41.8 Å². The van der Waals surface area contributed by atoms with Gasteiger partial charge in [0.05, 0.1) is 25.7 Å². The lowest BCUT2D eigenvalue weighted by molar-refractivity contribution is -0.140. The smallest absolute Gasteiger partial charge is 0.244 e. The van der Waals surface area contributed by atoms with Crippen molar-refractivity contribution in [2.24, 2.45) is 0 Å². The maximum Gasteiger partial charge on any atom is 0.244 e. The Morgan fingerprint density at radius 1 is 1.00 bits per heavy atom. The van der Waals surface area contributed by atoms with Crippen molar-refractivity contribution in [1.29, 1.82) is 0 Å². The number of carbonyl (C=O) groups excluding carboxylic acids is 2. The number of hydrogen-bond acceptors (Lipinski definition) is 6. The van der Waals surface area contributed by atoms with Gasteiger partial charge in [0.15, 0.2) is 0 Å². The Balaban J connectivity index is 1.90. The van der Waals surface area contributed by atoms with E-state index < -0.39 is 28.5 Å². The number of methoxy groups -OCH3 is 1. The Bertz CT molecular complexity index is 1160. The van der Waals surface area contributed by atoms with Gasteiger partial charge in [-0.3, -0.25) is 13.9 Å². The second-order valence-electron chi connectivity index (χ2n) is 9.48. The maximum absolute atomic E-state index is 13.8. The number of ether oxygens (including phenoxy) is 2. The van der Waals surface area contributed by atoms with Gasteiger partial charge in [-0.15, -0.1) is 0 Å². The van der Waals surface area contributed by atoms with Gasteiger partial charge in [0.25, 0.3) is 0 Å². The summed E-state index contributed by atoms with van der Waals surface area (Å²) in [7, 11) is -2.22. The van der Waals surface area contributed by atoms with E-state index in [1.54, 1.807) is 43.5 Å². The van der Waals surface area contributed by atoms with Gasteiger partial charge in [-0.2, -0.15) is 0 Å². The highest BCUT2D eigenvalue weighted by Gasteiger charge is 2.33. The van der Waals surface area contributed by atoms with Gasteiger partial charge < -0.3 is 19.7 Å². The van der Waals surface area contributed by atoms with Crippen LogP contribution in [0.2, 0.25) is 0 Å². The van der Waals surface area contributed by atoms with Gasteiger partial charge in [0.2, 0.25) is 21.8 Å². The van der Waals surface area contributed by atoms with Gasteiger partial charge in [-0.05, 0) is 68.1 Å². The predicted octanol–water partition coefficient (Wildman–Crippen LogP) is 3.73. The molecule has 208 valence electrons. The molecule has 0 aromatic heterocycles. The largest absolute Gasteiger partial charge is 0.497 e. The van der Waals surface area contributed by atoms with Gasteiger partial charge in [0.1, 0.15) is 24.1 Å². The normalized spacial score (nSPS) is 14.5. The summed E-state index contributed by atoms with van der Waals surface area (Å²) in [5, 5.41) is 3.10. The van der Waals surface area contributed by atoms with Crippen LogP contribution >= 0.6 is 0 Å². The summed E-state index contributed by atoms with van der Waals surface area (Å²) in [6.07, 6.45) is 5.45. The second-order valence-corrected chi connectivity index (χ2v) is 11.4. The van der Waals surface area contributed by atoms with E-state index in [9.17, 15) is 18.0 Å². The highest BCUT2D eigenvalue weighted by Crippen LogP contribution is 2.24. The number of nitrogens with zero attached hydrogens (tertiary/aromatic N) is 2. The standard InChI is InChI=1S/C28H39N3O6S/c1-5-26(28(33)29-22-9-7-8-10-22)30(19-21-11-15-24(36-3)16-12-21)27(32)20-31(38(4,34)35)23-13-17-25(18-14-23)37-6-2/h11-18,22,26H,5-10,19-20H2,1-4H3,(H,29,33)/t26-/m0/s1. The number of amides is 2. The van der Waals surface area contributed by atoms with Crippen LogP contribution in [0.4, 0.5) is 5.69 Å². The van der Waals surface area contributed by atoms with E-state index >= 15 is 0 Å². The summed E-state index contributed by atoms with van der Waals surface area (Å²) >= 11 is 0. The highest BCUT2D eigenvalue weighted by molar-refractivity contribution is 7.92. The molecule has 1 N–H and O–H groups in total. The number of rotatable bonds is 13. The van der Waals surface area contributed by atoms with Crippen molar-refractivity contribution in [2.75, 3.05) is 30.8 Å². The van der Waals surface area contributed by atoms with Gasteiger partial charge in [-0.1, -0.05) is 31.9 Å². The van der Waals surface area contributed by atoms with E-state index in [1.807, 2.05) is 26.0 Å². The number of hydrogen-bond donors (Lipinski definition) is 1. The van der Waals surface area contributed by atoms with E-state index in [-0.39, 0.29) is 18.5 Å². The van der Waals surface area contributed by atoms with Crippen LogP contribution in [0.3, 0.4) is 0 Å². The number of carbonyl (C=O) groups is 2. The van der Waals surface area contributed by atoms with Crippen LogP contribution in [0.5, 0.6) is 11.5 Å². The molecule has 0 radical (unpaired) electrons. The minimum absolute atomic E-state index is 0.103. The molecule has 0 heterocycles. The van der Waals surface area contributed by atoms with E-state index in [4.69, 9.17) is 9.47 Å². The quantitative estimate of drug-likeness (QED) is 0.411. The summed E-state index contributed by atoms with van der Waals surface area (Å²) in [6.45, 7) is 3.92. The zero-order valence-corrected chi connectivity index (χ0v) is 23.5. The molecule has 9 nitrogen and oxygen atoms in total. The first-order chi connectivity index (χ1) is 18.2. The summed E-state index contributed by atoms with van der Waals surface area (Å²) in [5.41, 5.74) is 1.15. The molecule has 0 saturated heterocycles. The maximum atomic E-state index is 13.8. The van der Waals surface area contributed by atoms with Crippen molar-refractivity contribution >= 4 is 27.5 Å². The molecular weight excluding hydrogens is 506 g/mol. The molecule has 38 heavy (non-hydrogen) atoms. The minimum Gasteiger partial charge on any atom is -0.497 e. The fourth-order valence-corrected chi connectivity index (χ4v) is 5.55. The lowest BCUT2D eigenvalue weighted by atomic mass is 10.1. The molecule has 3 rings (SSSR count). The summed E-state index contributed by atoms with van der Waals surface area (Å²) in [4.78, 5) is 28.6. The second kappa shape index (κ2) is 13.5. The fourth-order valence-electron chi connectivity index (χ4n) is 4.70. The first kappa shape index (κ1) is 29.3. The molecule has 0 unspecified atom stereocenters. The van der Waals surface area contributed by atoms with Crippen molar-refractivity contribution < 1.29 is 27.5 Å². The third-order valence-corrected chi connectivity index (χ3v) is 7.85. The number of benzene rings is 2. The molecule has 1 aliphatic rings. The first-order valence-electron chi connectivity index (χ1n) is 13.1. The topological polar surface area (TPSA) is 105 Å². The van der Waals surface area contributed by atoms with Crippen LogP contribution in [0.1, 0.15) is 51.5 Å². The van der Waals surface area contributed by atoms with Crippen molar-refractivity contribution in [2.45, 2.75) is 64.6 Å². The molecule has 2 aromatic rings. The van der Waals surface area contributed by atoms with Crippen molar-refractivity contribution in [3.63, 3.8) is 0 Å². The van der Waals surface area contributed by atoms with Crippen molar-refractivity contribution in [3.05, 3.63) is 54.1 Å². The Morgan fingerprint density at radius 3 is 2.13 bits per heavy atom. The molecule has 2 aromatic carbocycles. The summed E-state index contributed by atoms with van der Waals surface area (Å²) in [5.74, 6) is 0.602. The summed E-state index contributed by atoms with van der Waals surface area (Å²) < 4.78 is 37.3. The van der Waals surface area contributed by atoms with Crippen LogP contribution < -0.4 is 19.1 Å². The SMILES string of the molecule is CCOc1ccc(N(CC(=O)N(Cc2ccc(OC)cc2)[C@@H](CC)C(=O)NC2CCCC2)S(C)(=O)=O)cc1. The molecular formula is C28H39N3O6S. The minimum atomic E-state index is -3.80. The summed E-state index contributed by atoms with van der Waals surface area (Å²) in [6, 6.07) is 13.2. The highest BCUT2D eigenvalue weighted by atomic mass is 32.2. The first-order valence-corrected chi connectivity index (χ1v) is 14.9. The molecule has 0 aliphatic heterocycles. The number of nitrogens with one attached hydrogen (secondary N) is 1. The zero-order valence-electron chi connectivity index (χ0n) is 22.7. The molecule has 0 spiro atoms. The molecule has 1 saturated carbocycles. The molecule has 1 atom stereocenters. The predicted molar refractivity (Wildman–Crippen MR) is 148 cm³/mol. The fraction of sp³-hybridized carbons (Fsp3) is 0.500. The van der Waals surface area contributed by atoms with Gasteiger partial charge in [0, 0.05) is 12.6 Å². The lowest BCUT2D eigenvalue weighted by Crippen LogP contribution is -2.53. The van der Waals surface area contributed by atoms with Gasteiger partial charge >= 0.3 is 0 Å². The molecule has 2 amide bonds. The number of sulfonamides is 1.